The largest absolute Gasteiger partial charge is 0.383 e. The zero-order chi connectivity index (χ0) is 17.1. The van der Waals surface area contributed by atoms with E-state index in [1.807, 2.05) is 45.0 Å². The lowest BCUT2D eigenvalue weighted by atomic mass is 10.1. The molecule has 0 aliphatic heterocycles. The highest BCUT2D eigenvalue weighted by atomic mass is 16.5. The topological polar surface area (TPSA) is 74.8 Å². The van der Waals surface area contributed by atoms with E-state index in [0.29, 0.717) is 25.3 Å². The molecule has 128 valence electrons. The van der Waals surface area contributed by atoms with Crippen molar-refractivity contribution in [1.29, 1.82) is 0 Å². The van der Waals surface area contributed by atoms with Crippen molar-refractivity contribution in [3.05, 3.63) is 35.4 Å². The third kappa shape index (κ3) is 7.65. The van der Waals surface area contributed by atoms with Crippen molar-refractivity contribution < 1.29 is 9.53 Å². The monoisotopic (exact) mass is 320 g/mol. The van der Waals surface area contributed by atoms with Crippen molar-refractivity contribution in [2.75, 3.05) is 33.4 Å². The van der Waals surface area contributed by atoms with E-state index in [1.165, 1.54) is 0 Å². The third-order valence-corrected chi connectivity index (χ3v) is 3.09. The fourth-order valence-corrected chi connectivity index (χ4v) is 2.07. The molecule has 0 heterocycles. The smallest absolute Gasteiger partial charge is 0.251 e. The second-order valence-corrected chi connectivity index (χ2v) is 5.39. The number of benzene rings is 1. The highest BCUT2D eigenvalue weighted by Crippen LogP contribution is 2.03. The van der Waals surface area contributed by atoms with E-state index in [1.54, 1.807) is 7.11 Å². The maximum absolute atomic E-state index is 12.0. The van der Waals surface area contributed by atoms with Gasteiger partial charge in [-0.15, -0.1) is 0 Å². The number of ether oxygens (including phenoxy) is 1. The van der Waals surface area contributed by atoms with Crippen LogP contribution in [0.4, 0.5) is 0 Å². The maximum Gasteiger partial charge on any atom is 0.251 e. The number of amides is 1. The van der Waals surface area contributed by atoms with Crippen LogP contribution in [0.2, 0.25) is 0 Å². The summed E-state index contributed by atoms with van der Waals surface area (Å²) in [5.74, 6) is 0.650. The van der Waals surface area contributed by atoms with Crippen molar-refractivity contribution in [3.8, 4) is 0 Å². The Labute approximate surface area is 138 Å². The van der Waals surface area contributed by atoms with Gasteiger partial charge in [-0.25, -0.2) is 0 Å². The number of methoxy groups -OCH3 is 1. The quantitative estimate of drug-likeness (QED) is 0.384. The summed E-state index contributed by atoms with van der Waals surface area (Å²) < 4.78 is 5.10. The molecule has 0 aromatic heterocycles. The second kappa shape index (κ2) is 10.6. The zero-order valence-corrected chi connectivity index (χ0v) is 14.5. The summed E-state index contributed by atoms with van der Waals surface area (Å²) in [4.78, 5) is 16.5. The van der Waals surface area contributed by atoms with E-state index in [9.17, 15) is 4.79 Å². The molecule has 6 heteroatoms. The molecule has 0 bridgehead atoms. The number of carbonyl (C=O) groups excluding carboxylic acids is 1. The van der Waals surface area contributed by atoms with Crippen LogP contribution in [0, 0.1) is 6.92 Å². The van der Waals surface area contributed by atoms with Crippen LogP contribution in [0.25, 0.3) is 0 Å². The van der Waals surface area contributed by atoms with Gasteiger partial charge in [0, 0.05) is 31.8 Å². The number of nitrogens with one attached hydrogen (secondary N) is 3. The van der Waals surface area contributed by atoms with E-state index < -0.39 is 0 Å². The van der Waals surface area contributed by atoms with Gasteiger partial charge in [0.15, 0.2) is 5.96 Å². The first-order valence-corrected chi connectivity index (χ1v) is 7.95. The van der Waals surface area contributed by atoms with Crippen molar-refractivity contribution in [3.63, 3.8) is 0 Å². The van der Waals surface area contributed by atoms with Crippen LogP contribution in [0.1, 0.15) is 29.8 Å². The van der Waals surface area contributed by atoms with Gasteiger partial charge in [-0.3, -0.25) is 9.79 Å². The van der Waals surface area contributed by atoms with Gasteiger partial charge in [0.2, 0.25) is 0 Å². The third-order valence-electron chi connectivity index (χ3n) is 3.09. The molecule has 6 nitrogen and oxygen atoms in total. The Morgan fingerprint density at radius 1 is 1.35 bits per heavy atom. The summed E-state index contributed by atoms with van der Waals surface area (Å²) in [6.45, 7) is 8.38. The highest BCUT2D eigenvalue weighted by Gasteiger charge is 2.06. The average Bonchev–Trinajstić information content (AvgIpc) is 2.51. The molecule has 0 radical (unpaired) electrons. The van der Waals surface area contributed by atoms with E-state index in [4.69, 9.17) is 4.74 Å². The van der Waals surface area contributed by atoms with E-state index in [-0.39, 0.29) is 11.9 Å². The number of hydrogen-bond donors (Lipinski definition) is 3. The van der Waals surface area contributed by atoms with Gasteiger partial charge in [-0.1, -0.05) is 17.7 Å². The SMILES string of the molecule is CCNC(=NCCNC(=O)c1cccc(C)c1)NC(C)COC. The summed E-state index contributed by atoms with van der Waals surface area (Å²) >= 11 is 0. The molecule has 23 heavy (non-hydrogen) atoms. The predicted octanol–water partition coefficient (Wildman–Crippen LogP) is 1.31. The lowest BCUT2D eigenvalue weighted by molar-refractivity contribution is 0.0954. The molecule has 0 aliphatic carbocycles. The predicted molar refractivity (Wildman–Crippen MR) is 94.0 cm³/mol. The molecule has 1 unspecified atom stereocenters. The molecule has 1 aromatic carbocycles. The Balaban J connectivity index is 2.43. The van der Waals surface area contributed by atoms with Crippen molar-refractivity contribution in [2.45, 2.75) is 26.8 Å². The maximum atomic E-state index is 12.0. The Bertz CT molecular complexity index is 517. The minimum absolute atomic E-state index is 0.0744. The van der Waals surface area contributed by atoms with Crippen molar-refractivity contribution in [2.24, 2.45) is 4.99 Å². The lowest BCUT2D eigenvalue weighted by Crippen LogP contribution is -2.44. The first-order chi connectivity index (χ1) is 11.1. The molecule has 0 fully saturated rings. The van der Waals surface area contributed by atoms with Gasteiger partial charge >= 0.3 is 0 Å². The molecular formula is C17H28N4O2. The van der Waals surface area contributed by atoms with Crippen LogP contribution in [0.5, 0.6) is 0 Å². The number of aryl methyl sites for hydroxylation is 1. The van der Waals surface area contributed by atoms with E-state index in [0.717, 1.165) is 18.1 Å². The normalized spacial score (nSPS) is 12.6. The summed E-state index contributed by atoms with van der Waals surface area (Å²) in [6.07, 6.45) is 0. The Hall–Kier alpha value is -2.08. The van der Waals surface area contributed by atoms with E-state index >= 15 is 0 Å². The molecule has 1 aromatic rings. The summed E-state index contributed by atoms with van der Waals surface area (Å²) in [6, 6.07) is 7.70. The molecule has 0 aliphatic rings. The van der Waals surface area contributed by atoms with Gasteiger partial charge in [-0.05, 0) is 32.9 Å². The second-order valence-electron chi connectivity index (χ2n) is 5.39. The molecule has 0 saturated heterocycles. The summed E-state index contributed by atoms with van der Waals surface area (Å²) in [5.41, 5.74) is 1.74. The van der Waals surface area contributed by atoms with Crippen LogP contribution < -0.4 is 16.0 Å². The summed E-state index contributed by atoms with van der Waals surface area (Å²) in [5, 5.41) is 9.29. The van der Waals surface area contributed by atoms with Gasteiger partial charge in [0.1, 0.15) is 0 Å². The molecule has 1 atom stereocenters. The zero-order valence-electron chi connectivity index (χ0n) is 14.5. The Morgan fingerprint density at radius 3 is 2.78 bits per heavy atom. The average molecular weight is 320 g/mol. The highest BCUT2D eigenvalue weighted by molar-refractivity contribution is 5.94. The van der Waals surface area contributed by atoms with Gasteiger partial charge in [-0.2, -0.15) is 0 Å². The molecule has 0 saturated carbocycles. The van der Waals surface area contributed by atoms with Gasteiger partial charge < -0.3 is 20.7 Å². The number of aliphatic imine (C=N–C) groups is 1. The number of rotatable bonds is 8. The van der Waals surface area contributed by atoms with Gasteiger partial charge in [0.05, 0.1) is 13.2 Å². The fourth-order valence-electron chi connectivity index (χ4n) is 2.07. The fraction of sp³-hybridized carbons (Fsp3) is 0.529. The summed E-state index contributed by atoms with van der Waals surface area (Å²) in [7, 11) is 1.67. The van der Waals surface area contributed by atoms with Gasteiger partial charge in [0.25, 0.3) is 5.91 Å². The first kappa shape index (κ1) is 19.0. The van der Waals surface area contributed by atoms with Crippen LogP contribution in [-0.4, -0.2) is 51.3 Å². The number of nitrogens with zero attached hydrogens (tertiary/aromatic N) is 1. The minimum atomic E-state index is -0.0744. The van der Waals surface area contributed by atoms with Crippen LogP contribution in [0.15, 0.2) is 29.3 Å². The van der Waals surface area contributed by atoms with E-state index in [2.05, 4.69) is 20.9 Å². The van der Waals surface area contributed by atoms with Crippen LogP contribution in [-0.2, 0) is 4.74 Å². The molecule has 0 spiro atoms. The number of guanidine groups is 1. The van der Waals surface area contributed by atoms with Crippen LogP contribution >= 0.6 is 0 Å². The molecular weight excluding hydrogens is 292 g/mol. The van der Waals surface area contributed by atoms with Crippen molar-refractivity contribution >= 4 is 11.9 Å². The molecule has 3 N–H and O–H groups in total. The first-order valence-electron chi connectivity index (χ1n) is 7.95. The Morgan fingerprint density at radius 2 is 2.13 bits per heavy atom. The van der Waals surface area contributed by atoms with Crippen LogP contribution in [0.3, 0.4) is 0 Å². The lowest BCUT2D eigenvalue weighted by Gasteiger charge is -2.17. The molecule has 1 amide bonds. The van der Waals surface area contributed by atoms with Crippen molar-refractivity contribution in [1.82, 2.24) is 16.0 Å². The standard InChI is InChI=1S/C17H28N4O2/c1-5-18-17(21-14(3)12-23-4)20-10-9-19-16(22)15-8-6-7-13(2)11-15/h6-8,11,14H,5,9-10,12H2,1-4H3,(H,19,22)(H2,18,20,21). The molecule has 1 rings (SSSR count). The Kier molecular flexibility index (Phi) is 8.75. The number of carbonyl (C=O) groups is 1. The number of hydrogen-bond acceptors (Lipinski definition) is 3. The minimum Gasteiger partial charge on any atom is -0.383 e.